The molecule has 0 atom stereocenters. The van der Waals surface area contributed by atoms with Crippen LogP contribution in [0.5, 0.6) is 5.75 Å². The molecule has 2 rings (SSSR count). The van der Waals surface area contributed by atoms with E-state index in [9.17, 15) is 23.1 Å². The fourth-order valence-electron chi connectivity index (χ4n) is 1.78. The molecule has 2 aromatic carbocycles. The van der Waals surface area contributed by atoms with E-state index in [0.717, 1.165) is 12.1 Å². The van der Waals surface area contributed by atoms with Gasteiger partial charge < -0.3 is 10.4 Å². The Kier molecular flexibility index (Phi) is 4.96. The number of phenols is 1. The van der Waals surface area contributed by atoms with Crippen LogP contribution < -0.4 is 9.62 Å². The zero-order chi connectivity index (χ0) is 17.2. The van der Waals surface area contributed by atoms with Gasteiger partial charge >= 0.3 is 12.2 Å². The molecule has 2 N–H and O–H groups in total. The molecule has 2 amide bonds. The number of alkyl halides is 3. The third-order valence-corrected chi connectivity index (χ3v) is 3.46. The number of carbonyl (C=O) groups excluding carboxylic acids is 1. The molecule has 9 heteroatoms. The lowest BCUT2D eigenvalue weighted by atomic mass is 10.1. The SMILES string of the molecule is O=C(Nc1ccccc1C(F)(F)F)N(S)c1cc(Cl)ccc1O. The fraction of sp³-hybridized carbons (Fsp3) is 0.0714. The van der Waals surface area contributed by atoms with Crippen molar-refractivity contribution in [1.82, 2.24) is 0 Å². The Labute approximate surface area is 140 Å². The van der Waals surface area contributed by atoms with Crippen LogP contribution in [0.15, 0.2) is 42.5 Å². The van der Waals surface area contributed by atoms with Gasteiger partial charge in [0.1, 0.15) is 11.4 Å². The number of hydrogen-bond acceptors (Lipinski definition) is 3. The topological polar surface area (TPSA) is 52.6 Å². The second-order valence-electron chi connectivity index (χ2n) is 4.42. The van der Waals surface area contributed by atoms with Crippen molar-refractivity contribution < 1.29 is 23.1 Å². The molecule has 0 aliphatic heterocycles. The monoisotopic (exact) mass is 362 g/mol. The summed E-state index contributed by atoms with van der Waals surface area (Å²) in [5.41, 5.74) is -1.49. The van der Waals surface area contributed by atoms with Crippen molar-refractivity contribution in [2.75, 3.05) is 9.62 Å². The highest BCUT2D eigenvalue weighted by Gasteiger charge is 2.34. The van der Waals surface area contributed by atoms with Gasteiger partial charge in [-0.1, -0.05) is 36.5 Å². The number of hydrogen-bond donors (Lipinski definition) is 3. The first-order chi connectivity index (χ1) is 10.7. The number of carbonyl (C=O) groups is 1. The van der Waals surface area contributed by atoms with Gasteiger partial charge in [-0.15, -0.1) is 0 Å². The summed E-state index contributed by atoms with van der Waals surface area (Å²) in [6.07, 6.45) is -4.62. The standard InChI is InChI=1S/C14H10ClF3N2O2S/c15-8-5-6-12(21)11(7-8)20(23)13(22)19-10-4-2-1-3-9(10)14(16,17)18/h1-7,21,23H,(H,19,22). The van der Waals surface area contributed by atoms with Crippen LogP contribution in [0.3, 0.4) is 0 Å². The minimum absolute atomic E-state index is 0.0668. The van der Waals surface area contributed by atoms with E-state index >= 15 is 0 Å². The molecule has 0 aliphatic carbocycles. The smallest absolute Gasteiger partial charge is 0.418 e. The van der Waals surface area contributed by atoms with Crippen LogP contribution in [0.25, 0.3) is 0 Å². The molecule has 0 saturated heterocycles. The predicted octanol–water partition coefficient (Wildman–Crippen LogP) is 4.95. The average molecular weight is 363 g/mol. The number of amides is 2. The van der Waals surface area contributed by atoms with Crippen molar-refractivity contribution in [2.45, 2.75) is 6.18 Å². The summed E-state index contributed by atoms with van der Waals surface area (Å²) in [6, 6.07) is 7.40. The van der Waals surface area contributed by atoms with Crippen LogP contribution in [0.2, 0.25) is 5.02 Å². The predicted molar refractivity (Wildman–Crippen MR) is 85.0 cm³/mol. The van der Waals surface area contributed by atoms with E-state index in [1.165, 1.54) is 30.3 Å². The van der Waals surface area contributed by atoms with Gasteiger partial charge in [-0.05, 0) is 30.3 Å². The first kappa shape index (κ1) is 17.3. The van der Waals surface area contributed by atoms with E-state index in [2.05, 4.69) is 18.1 Å². The summed E-state index contributed by atoms with van der Waals surface area (Å²) in [5, 5.41) is 12.0. The lowest BCUT2D eigenvalue weighted by Crippen LogP contribution is -2.28. The van der Waals surface area contributed by atoms with Gasteiger partial charge in [0.05, 0.1) is 11.3 Å². The maximum Gasteiger partial charge on any atom is 0.418 e. The number of para-hydroxylation sites is 1. The summed E-state index contributed by atoms with van der Waals surface area (Å²) in [5.74, 6) is -0.302. The quantitative estimate of drug-likeness (QED) is 0.662. The van der Waals surface area contributed by atoms with Crippen LogP contribution in [0.4, 0.5) is 29.3 Å². The molecule has 0 spiro atoms. The van der Waals surface area contributed by atoms with Gasteiger partial charge in [0.25, 0.3) is 0 Å². The molecule has 0 unspecified atom stereocenters. The average Bonchev–Trinajstić information content (AvgIpc) is 2.48. The lowest BCUT2D eigenvalue weighted by Gasteiger charge is -2.19. The van der Waals surface area contributed by atoms with Crippen molar-refractivity contribution in [2.24, 2.45) is 0 Å². The van der Waals surface area contributed by atoms with Gasteiger partial charge in [0, 0.05) is 5.02 Å². The maximum absolute atomic E-state index is 12.9. The molecule has 0 radical (unpaired) electrons. The molecule has 4 nitrogen and oxygen atoms in total. The van der Waals surface area contributed by atoms with Crippen molar-refractivity contribution >= 4 is 41.8 Å². The number of halogens is 4. The number of benzene rings is 2. The van der Waals surface area contributed by atoms with Gasteiger partial charge in [0.15, 0.2) is 0 Å². The van der Waals surface area contributed by atoms with Crippen LogP contribution >= 0.6 is 24.4 Å². The maximum atomic E-state index is 12.9. The molecule has 2 aromatic rings. The molecule has 0 aromatic heterocycles. The van der Waals surface area contributed by atoms with Crippen LogP contribution in [0, 0.1) is 0 Å². The van der Waals surface area contributed by atoms with Crippen LogP contribution in [-0.4, -0.2) is 11.1 Å². The Morgan fingerprint density at radius 3 is 2.52 bits per heavy atom. The van der Waals surface area contributed by atoms with E-state index in [1.54, 1.807) is 0 Å². The van der Waals surface area contributed by atoms with E-state index in [1.807, 2.05) is 0 Å². The van der Waals surface area contributed by atoms with E-state index in [0.29, 0.717) is 4.31 Å². The van der Waals surface area contributed by atoms with Gasteiger partial charge in [-0.25, -0.2) is 9.10 Å². The molecule has 0 aliphatic rings. The summed E-state index contributed by atoms with van der Waals surface area (Å²) < 4.78 is 39.4. The number of thiol groups is 1. The van der Waals surface area contributed by atoms with Gasteiger partial charge in [0.2, 0.25) is 0 Å². The number of urea groups is 1. The highest BCUT2D eigenvalue weighted by molar-refractivity contribution is 7.82. The number of aromatic hydroxyl groups is 1. The van der Waals surface area contributed by atoms with Crippen LogP contribution in [-0.2, 0) is 6.18 Å². The molecular formula is C14H10ClF3N2O2S. The number of anilines is 2. The molecular weight excluding hydrogens is 353 g/mol. The van der Waals surface area contributed by atoms with E-state index in [4.69, 9.17) is 11.6 Å². The van der Waals surface area contributed by atoms with Gasteiger partial charge in [-0.2, -0.15) is 13.2 Å². The Morgan fingerprint density at radius 2 is 1.87 bits per heavy atom. The summed E-state index contributed by atoms with van der Waals surface area (Å²) in [4.78, 5) is 12.1. The first-order valence-electron chi connectivity index (χ1n) is 6.15. The zero-order valence-electron chi connectivity index (χ0n) is 11.3. The second kappa shape index (κ2) is 6.59. The highest BCUT2D eigenvalue weighted by Crippen LogP contribution is 2.36. The third kappa shape index (κ3) is 4.02. The molecule has 0 saturated carbocycles. The lowest BCUT2D eigenvalue weighted by molar-refractivity contribution is -0.136. The van der Waals surface area contributed by atoms with Crippen LogP contribution in [0.1, 0.15) is 5.56 Å². The Bertz CT molecular complexity index is 740. The Balaban J connectivity index is 2.28. The number of rotatable bonds is 2. The minimum atomic E-state index is -4.62. The van der Waals surface area contributed by atoms with E-state index < -0.39 is 23.5 Å². The molecule has 0 fully saturated rings. The van der Waals surface area contributed by atoms with Crippen molar-refractivity contribution in [3.05, 3.63) is 53.1 Å². The largest absolute Gasteiger partial charge is 0.506 e. The normalized spacial score (nSPS) is 11.2. The Hall–Kier alpha value is -2.06. The molecule has 0 heterocycles. The fourth-order valence-corrected chi connectivity index (χ4v) is 2.16. The summed E-state index contributed by atoms with van der Waals surface area (Å²) >= 11 is 9.65. The highest BCUT2D eigenvalue weighted by atomic mass is 35.5. The summed E-state index contributed by atoms with van der Waals surface area (Å²) in [7, 11) is 0. The Morgan fingerprint density at radius 1 is 1.22 bits per heavy atom. The minimum Gasteiger partial charge on any atom is -0.506 e. The van der Waals surface area contributed by atoms with E-state index in [-0.39, 0.29) is 16.5 Å². The molecule has 23 heavy (non-hydrogen) atoms. The second-order valence-corrected chi connectivity index (χ2v) is 5.25. The molecule has 0 bridgehead atoms. The third-order valence-electron chi connectivity index (χ3n) is 2.83. The summed E-state index contributed by atoms with van der Waals surface area (Å²) in [6.45, 7) is 0. The molecule has 122 valence electrons. The number of phenolic OH excluding ortho intramolecular Hbond substituents is 1. The van der Waals surface area contributed by atoms with Crippen molar-refractivity contribution in [1.29, 1.82) is 0 Å². The number of nitrogens with one attached hydrogen (secondary N) is 1. The first-order valence-corrected chi connectivity index (χ1v) is 6.92. The van der Waals surface area contributed by atoms with Crippen molar-refractivity contribution in [3.63, 3.8) is 0 Å². The van der Waals surface area contributed by atoms with Crippen molar-refractivity contribution in [3.8, 4) is 5.75 Å². The van der Waals surface area contributed by atoms with Gasteiger partial charge in [-0.3, -0.25) is 0 Å². The zero-order valence-corrected chi connectivity index (χ0v) is 13.0. The number of nitrogens with zero attached hydrogens (tertiary/aromatic N) is 1.